The van der Waals surface area contributed by atoms with E-state index in [1.165, 1.54) is 12.1 Å². The van der Waals surface area contributed by atoms with Crippen LogP contribution in [0.25, 0.3) is 0 Å². The van der Waals surface area contributed by atoms with Gasteiger partial charge >= 0.3 is 0 Å². The van der Waals surface area contributed by atoms with E-state index in [0.29, 0.717) is 6.54 Å². The van der Waals surface area contributed by atoms with E-state index in [2.05, 4.69) is 5.32 Å². The monoisotopic (exact) mass is 256 g/mol. The number of nitrogens with zero attached hydrogens (tertiary/aromatic N) is 1. The number of rotatable bonds is 1. The van der Waals surface area contributed by atoms with Crippen LogP contribution in [0.5, 0.6) is 0 Å². The van der Waals surface area contributed by atoms with Crippen LogP contribution in [0, 0.1) is 5.82 Å². The predicted octanol–water partition coefficient (Wildman–Crippen LogP) is 1.91. The first-order valence-corrected chi connectivity index (χ1v) is 5.94. The molecule has 2 rings (SSSR count). The van der Waals surface area contributed by atoms with Crippen molar-refractivity contribution in [2.75, 3.05) is 19.6 Å². The third-order valence-corrected chi connectivity index (χ3v) is 3.33. The van der Waals surface area contributed by atoms with Gasteiger partial charge in [0.05, 0.1) is 10.6 Å². The molecule has 1 atom stereocenters. The zero-order valence-corrected chi connectivity index (χ0v) is 10.3. The summed E-state index contributed by atoms with van der Waals surface area (Å²) in [5, 5.41) is 3.10. The lowest BCUT2D eigenvalue weighted by Gasteiger charge is -2.34. The quantitative estimate of drug-likeness (QED) is 0.833. The summed E-state index contributed by atoms with van der Waals surface area (Å²) >= 11 is 5.82. The Labute approximate surface area is 105 Å². The van der Waals surface area contributed by atoms with Crippen LogP contribution in [0.1, 0.15) is 17.3 Å². The smallest absolute Gasteiger partial charge is 0.255 e. The number of carbonyl (C=O) groups is 1. The summed E-state index contributed by atoms with van der Waals surface area (Å²) in [5.74, 6) is -0.760. The van der Waals surface area contributed by atoms with E-state index >= 15 is 0 Å². The van der Waals surface area contributed by atoms with Gasteiger partial charge in [-0.25, -0.2) is 4.39 Å². The van der Waals surface area contributed by atoms with Gasteiger partial charge in [0.2, 0.25) is 0 Å². The van der Waals surface area contributed by atoms with Crippen molar-refractivity contribution in [3.05, 3.63) is 34.6 Å². The zero-order valence-electron chi connectivity index (χ0n) is 9.54. The van der Waals surface area contributed by atoms with Gasteiger partial charge in [-0.1, -0.05) is 17.7 Å². The molecule has 17 heavy (non-hydrogen) atoms. The largest absolute Gasteiger partial charge is 0.333 e. The Bertz CT molecular complexity index is 439. The Morgan fingerprint density at radius 2 is 2.35 bits per heavy atom. The number of halogens is 2. The molecule has 1 saturated heterocycles. The minimum absolute atomic E-state index is 0.0931. The van der Waals surface area contributed by atoms with Crippen LogP contribution < -0.4 is 5.32 Å². The average molecular weight is 257 g/mol. The molecule has 0 bridgehead atoms. The molecule has 0 aromatic heterocycles. The number of hydrogen-bond donors (Lipinski definition) is 1. The standard InChI is InChI=1S/C12H14ClFN2O/c1-8-7-15-5-6-16(8)12(17)9-3-2-4-10(14)11(9)13/h2-4,8,15H,5-7H2,1H3. The Balaban J connectivity index is 2.27. The van der Waals surface area contributed by atoms with E-state index in [0.717, 1.165) is 13.1 Å². The van der Waals surface area contributed by atoms with Crippen molar-refractivity contribution < 1.29 is 9.18 Å². The Morgan fingerprint density at radius 1 is 1.59 bits per heavy atom. The number of hydrogen-bond acceptors (Lipinski definition) is 2. The lowest BCUT2D eigenvalue weighted by atomic mass is 10.1. The molecule has 1 unspecified atom stereocenters. The van der Waals surface area contributed by atoms with Gasteiger partial charge < -0.3 is 10.2 Å². The summed E-state index contributed by atoms with van der Waals surface area (Å²) in [6.45, 7) is 4.08. The fourth-order valence-electron chi connectivity index (χ4n) is 1.97. The second-order valence-corrected chi connectivity index (χ2v) is 4.53. The minimum atomic E-state index is -0.555. The van der Waals surface area contributed by atoms with E-state index in [-0.39, 0.29) is 22.5 Å². The molecule has 1 aromatic carbocycles. The van der Waals surface area contributed by atoms with Crippen molar-refractivity contribution in [2.45, 2.75) is 13.0 Å². The molecule has 0 spiro atoms. The molecule has 1 amide bonds. The molecule has 0 radical (unpaired) electrons. The summed E-state index contributed by atoms with van der Waals surface area (Å²) in [7, 11) is 0. The van der Waals surface area contributed by atoms with Crippen LogP contribution in [0.4, 0.5) is 4.39 Å². The number of piperazine rings is 1. The van der Waals surface area contributed by atoms with Crippen LogP contribution in [0.2, 0.25) is 5.02 Å². The maximum absolute atomic E-state index is 13.3. The second kappa shape index (κ2) is 5.02. The first-order valence-electron chi connectivity index (χ1n) is 5.57. The lowest BCUT2D eigenvalue weighted by molar-refractivity contribution is 0.0655. The van der Waals surface area contributed by atoms with E-state index in [1.54, 1.807) is 11.0 Å². The molecular weight excluding hydrogens is 243 g/mol. The molecule has 5 heteroatoms. The molecule has 1 heterocycles. The average Bonchev–Trinajstić information content (AvgIpc) is 2.32. The second-order valence-electron chi connectivity index (χ2n) is 4.15. The van der Waals surface area contributed by atoms with E-state index in [9.17, 15) is 9.18 Å². The Hall–Kier alpha value is -1.13. The van der Waals surface area contributed by atoms with Crippen molar-refractivity contribution in [3.8, 4) is 0 Å². The molecule has 1 fully saturated rings. The highest BCUT2D eigenvalue weighted by Gasteiger charge is 2.26. The van der Waals surface area contributed by atoms with E-state index in [4.69, 9.17) is 11.6 Å². The van der Waals surface area contributed by atoms with Gasteiger partial charge in [-0.05, 0) is 19.1 Å². The summed E-state index contributed by atoms with van der Waals surface area (Å²) < 4.78 is 13.3. The SMILES string of the molecule is CC1CNCCN1C(=O)c1cccc(F)c1Cl. The topological polar surface area (TPSA) is 32.3 Å². The van der Waals surface area contributed by atoms with Gasteiger partial charge in [0.1, 0.15) is 5.82 Å². The number of benzene rings is 1. The first kappa shape index (κ1) is 12.3. The predicted molar refractivity (Wildman–Crippen MR) is 64.8 cm³/mol. The molecule has 1 aromatic rings. The minimum Gasteiger partial charge on any atom is -0.333 e. The number of carbonyl (C=O) groups excluding carboxylic acids is 1. The van der Waals surface area contributed by atoms with Crippen LogP contribution >= 0.6 is 11.6 Å². The van der Waals surface area contributed by atoms with Gasteiger partial charge in [-0.2, -0.15) is 0 Å². The molecule has 3 nitrogen and oxygen atoms in total. The van der Waals surface area contributed by atoms with Crippen molar-refractivity contribution in [1.82, 2.24) is 10.2 Å². The lowest BCUT2D eigenvalue weighted by Crippen LogP contribution is -2.52. The highest BCUT2D eigenvalue weighted by Crippen LogP contribution is 2.22. The zero-order chi connectivity index (χ0) is 12.4. The van der Waals surface area contributed by atoms with Crippen LogP contribution in [-0.4, -0.2) is 36.5 Å². The maximum atomic E-state index is 13.3. The normalized spacial score (nSPS) is 20.4. The van der Waals surface area contributed by atoms with Crippen molar-refractivity contribution in [3.63, 3.8) is 0 Å². The van der Waals surface area contributed by atoms with Gasteiger partial charge in [0, 0.05) is 25.7 Å². The van der Waals surface area contributed by atoms with Gasteiger partial charge in [0.15, 0.2) is 0 Å². The van der Waals surface area contributed by atoms with Crippen molar-refractivity contribution >= 4 is 17.5 Å². The molecule has 1 N–H and O–H groups in total. The van der Waals surface area contributed by atoms with Crippen LogP contribution in [-0.2, 0) is 0 Å². The number of amides is 1. The van der Waals surface area contributed by atoms with Crippen molar-refractivity contribution in [2.24, 2.45) is 0 Å². The molecule has 0 aliphatic carbocycles. The third-order valence-electron chi connectivity index (χ3n) is 2.94. The number of nitrogens with one attached hydrogen (secondary N) is 1. The summed E-state index contributed by atoms with van der Waals surface area (Å²) in [6, 6.07) is 4.40. The molecule has 1 aliphatic heterocycles. The molecule has 92 valence electrons. The highest BCUT2D eigenvalue weighted by molar-refractivity contribution is 6.34. The van der Waals surface area contributed by atoms with E-state index < -0.39 is 5.82 Å². The summed E-state index contributed by atoms with van der Waals surface area (Å²) in [6.07, 6.45) is 0. The molecule has 1 aliphatic rings. The molecule has 0 saturated carbocycles. The van der Waals surface area contributed by atoms with E-state index in [1.807, 2.05) is 6.92 Å². The van der Waals surface area contributed by atoms with Crippen LogP contribution in [0.15, 0.2) is 18.2 Å². The van der Waals surface area contributed by atoms with Crippen LogP contribution in [0.3, 0.4) is 0 Å². The molecular formula is C12H14ClFN2O. The maximum Gasteiger partial charge on any atom is 0.255 e. The summed E-state index contributed by atoms with van der Waals surface area (Å²) in [4.78, 5) is 13.9. The first-order chi connectivity index (χ1) is 8.11. The third kappa shape index (κ3) is 2.42. The van der Waals surface area contributed by atoms with Gasteiger partial charge in [-0.15, -0.1) is 0 Å². The fourth-order valence-corrected chi connectivity index (χ4v) is 2.17. The van der Waals surface area contributed by atoms with Crippen molar-refractivity contribution in [1.29, 1.82) is 0 Å². The van der Waals surface area contributed by atoms with Gasteiger partial charge in [-0.3, -0.25) is 4.79 Å². The highest BCUT2D eigenvalue weighted by atomic mass is 35.5. The summed E-state index contributed by atoms with van der Waals surface area (Å²) in [5.41, 5.74) is 0.236. The Kier molecular flexibility index (Phi) is 3.64. The Morgan fingerprint density at radius 3 is 3.06 bits per heavy atom. The fraction of sp³-hybridized carbons (Fsp3) is 0.417. The van der Waals surface area contributed by atoms with Gasteiger partial charge in [0.25, 0.3) is 5.91 Å².